The van der Waals surface area contributed by atoms with Crippen molar-refractivity contribution in [2.75, 3.05) is 0 Å². The Bertz CT molecular complexity index is 714. The van der Waals surface area contributed by atoms with Gasteiger partial charge in [0.15, 0.2) is 0 Å². The van der Waals surface area contributed by atoms with Crippen LogP contribution in [0, 0.1) is 13.8 Å². The Morgan fingerprint density at radius 1 is 1.20 bits per heavy atom. The molecular formula is C12H19N5O2S. The standard InChI is InChI=1S/C12H19N5O2S/c1-5-17-8-12(10(3)15-17)20(18,19)13-6-11-7-16(4)14-9(11)2/h7-8,13H,5-6H2,1-4H3. The summed E-state index contributed by atoms with van der Waals surface area (Å²) in [5.41, 5.74) is 2.18. The lowest BCUT2D eigenvalue weighted by molar-refractivity contribution is 0.580. The predicted molar refractivity (Wildman–Crippen MR) is 74.6 cm³/mol. The molecule has 0 atom stereocenters. The smallest absolute Gasteiger partial charge is 0.244 e. The van der Waals surface area contributed by atoms with E-state index in [9.17, 15) is 8.42 Å². The lowest BCUT2D eigenvalue weighted by Gasteiger charge is -2.04. The number of hydrogen-bond donors (Lipinski definition) is 1. The zero-order chi connectivity index (χ0) is 14.9. The van der Waals surface area contributed by atoms with E-state index >= 15 is 0 Å². The Morgan fingerprint density at radius 2 is 1.90 bits per heavy atom. The monoisotopic (exact) mass is 297 g/mol. The highest BCUT2D eigenvalue weighted by molar-refractivity contribution is 7.89. The molecule has 0 unspecified atom stereocenters. The van der Waals surface area contributed by atoms with E-state index in [0.29, 0.717) is 12.2 Å². The van der Waals surface area contributed by atoms with Gasteiger partial charge >= 0.3 is 0 Å². The van der Waals surface area contributed by atoms with Crippen molar-refractivity contribution in [3.05, 3.63) is 29.3 Å². The third-order valence-corrected chi connectivity index (χ3v) is 4.59. The van der Waals surface area contributed by atoms with Gasteiger partial charge in [0.1, 0.15) is 4.90 Å². The zero-order valence-electron chi connectivity index (χ0n) is 12.1. The van der Waals surface area contributed by atoms with Crippen LogP contribution in [-0.2, 0) is 30.2 Å². The van der Waals surface area contributed by atoms with E-state index in [2.05, 4.69) is 14.9 Å². The van der Waals surface area contributed by atoms with Crippen LogP contribution in [0.2, 0.25) is 0 Å². The van der Waals surface area contributed by atoms with Gasteiger partial charge in [-0.25, -0.2) is 13.1 Å². The maximum absolute atomic E-state index is 12.3. The normalized spacial score (nSPS) is 12.0. The summed E-state index contributed by atoms with van der Waals surface area (Å²) in [5.74, 6) is 0. The summed E-state index contributed by atoms with van der Waals surface area (Å²) in [5, 5.41) is 8.34. The van der Waals surface area contributed by atoms with Crippen molar-refractivity contribution in [3.8, 4) is 0 Å². The molecule has 20 heavy (non-hydrogen) atoms. The van der Waals surface area contributed by atoms with Gasteiger partial charge in [0.2, 0.25) is 10.0 Å². The number of rotatable bonds is 5. The second-order valence-electron chi connectivity index (χ2n) is 4.67. The summed E-state index contributed by atoms with van der Waals surface area (Å²) < 4.78 is 30.4. The number of hydrogen-bond acceptors (Lipinski definition) is 4. The fourth-order valence-corrected chi connectivity index (χ4v) is 3.19. The van der Waals surface area contributed by atoms with E-state index in [1.807, 2.05) is 13.8 Å². The van der Waals surface area contributed by atoms with Crippen molar-refractivity contribution in [2.24, 2.45) is 7.05 Å². The van der Waals surface area contributed by atoms with E-state index in [4.69, 9.17) is 0 Å². The molecule has 0 saturated carbocycles. The lowest BCUT2D eigenvalue weighted by atomic mass is 10.3. The van der Waals surface area contributed by atoms with Crippen molar-refractivity contribution in [1.29, 1.82) is 0 Å². The first kappa shape index (κ1) is 14.7. The summed E-state index contributed by atoms with van der Waals surface area (Å²) in [6.45, 7) is 6.31. The van der Waals surface area contributed by atoms with Gasteiger partial charge in [-0.1, -0.05) is 0 Å². The third-order valence-electron chi connectivity index (χ3n) is 3.08. The molecular weight excluding hydrogens is 278 g/mol. The topological polar surface area (TPSA) is 81.8 Å². The molecule has 0 spiro atoms. The number of sulfonamides is 1. The van der Waals surface area contributed by atoms with Gasteiger partial charge in [-0.2, -0.15) is 10.2 Å². The first-order valence-corrected chi connectivity index (χ1v) is 7.84. The zero-order valence-corrected chi connectivity index (χ0v) is 12.9. The van der Waals surface area contributed by atoms with Crippen molar-refractivity contribution in [3.63, 3.8) is 0 Å². The molecule has 0 amide bonds. The van der Waals surface area contributed by atoms with Crippen LogP contribution in [0.4, 0.5) is 0 Å². The van der Waals surface area contributed by atoms with E-state index < -0.39 is 10.0 Å². The minimum Gasteiger partial charge on any atom is -0.275 e. The van der Waals surface area contributed by atoms with Crippen LogP contribution in [0.25, 0.3) is 0 Å². The van der Waals surface area contributed by atoms with Gasteiger partial charge in [-0.3, -0.25) is 9.36 Å². The molecule has 0 fully saturated rings. The van der Waals surface area contributed by atoms with E-state index in [1.54, 1.807) is 35.7 Å². The fourth-order valence-electron chi connectivity index (χ4n) is 2.00. The number of nitrogens with zero attached hydrogens (tertiary/aromatic N) is 4. The maximum atomic E-state index is 12.3. The number of aromatic nitrogens is 4. The Hall–Kier alpha value is -1.67. The lowest BCUT2D eigenvalue weighted by Crippen LogP contribution is -2.23. The van der Waals surface area contributed by atoms with Gasteiger partial charge in [-0.15, -0.1) is 0 Å². The van der Waals surface area contributed by atoms with E-state index in [-0.39, 0.29) is 11.4 Å². The Labute approximate surface area is 118 Å². The van der Waals surface area contributed by atoms with Crippen molar-refractivity contribution < 1.29 is 8.42 Å². The summed E-state index contributed by atoms with van der Waals surface area (Å²) in [6, 6.07) is 0. The summed E-state index contributed by atoms with van der Waals surface area (Å²) in [4.78, 5) is 0.223. The molecule has 0 bridgehead atoms. The first-order valence-electron chi connectivity index (χ1n) is 6.36. The highest BCUT2D eigenvalue weighted by Gasteiger charge is 2.20. The summed E-state index contributed by atoms with van der Waals surface area (Å²) in [6.07, 6.45) is 3.36. The molecule has 1 N–H and O–H groups in total. The molecule has 0 aliphatic rings. The van der Waals surface area contributed by atoms with Crippen molar-refractivity contribution in [2.45, 2.75) is 38.8 Å². The minimum atomic E-state index is -3.56. The SMILES string of the molecule is CCn1cc(S(=O)(=O)NCc2cn(C)nc2C)c(C)n1. The van der Waals surface area contributed by atoms with E-state index in [1.165, 1.54) is 0 Å². The van der Waals surface area contributed by atoms with Crippen molar-refractivity contribution >= 4 is 10.0 Å². The van der Waals surface area contributed by atoms with Crippen LogP contribution in [0.15, 0.2) is 17.3 Å². The molecule has 0 aliphatic heterocycles. The van der Waals surface area contributed by atoms with Crippen LogP contribution in [0.5, 0.6) is 0 Å². The quantitative estimate of drug-likeness (QED) is 0.882. The van der Waals surface area contributed by atoms with Gasteiger partial charge < -0.3 is 0 Å². The molecule has 0 saturated heterocycles. The number of aryl methyl sites for hydroxylation is 4. The molecule has 0 aromatic carbocycles. The summed E-state index contributed by atoms with van der Waals surface area (Å²) >= 11 is 0. The maximum Gasteiger partial charge on any atom is 0.244 e. The van der Waals surface area contributed by atoms with Crippen molar-refractivity contribution in [1.82, 2.24) is 24.3 Å². The highest BCUT2D eigenvalue weighted by Crippen LogP contribution is 2.14. The third kappa shape index (κ3) is 2.91. The Balaban J connectivity index is 2.19. The number of nitrogens with one attached hydrogen (secondary N) is 1. The largest absolute Gasteiger partial charge is 0.275 e. The van der Waals surface area contributed by atoms with Crippen LogP contribution in [0.1, 0.15) is 23.9 Å². The van der Waals surface area contributed by atoms with Crippen LogP contribution < -0.4 is 4.72 Å². The van der Waals surface area contributed by atoms with Gasteiger partial charge in [0, 0.05) is 38.1 Å². The fraction of sp³-hybridized carbons (Fsp3) is 0.500. The minimum absolute atomic E-state index is 0.221. The van der Waals surface area contributed by atoms with Gasteiger partial charge in [0.25, 0.3) is 0 Å². The Morgan fingerprint density at radius 3 is 2.40 bits per heavy atom. The molecule has 0 radical (unpaired) electrons. The molecule has 2 aromatic rings. The molecule has 0 aliphatic carbocycles. The average Bonchev–Trinajstić information content (AvgIpc) is 2.90. The molecule has 8 heteroatoms. The first-order chi connectivity index (χ1) is 9.33. The second kappa shape index (κ2) is 5.37. The van der Waals surface area contributed by atoms with Crippen LogP contribution in [-0.4, -0.2) is 28.0 Å². The molecule has 2 heterocycles. The second-order valence-corrected chi connectivity index (χ2v) is 6.41. The van der Waals surface area contributed by atoms with Crippen LogP contribution >= 0.6 is 0 Å². The summed E-state index contributed by atoms with van der Waals surface area (Å²) in [7, 11) is -1.75. The van der Waals surface area contributed by atoms with Gasteiger partial charge in [-0.05, 0) is 20.8 Å². The highest BCUT2D eigenvalue weighted by atomic mass is 32.2. The molecule has 7 nitrogen and oxygen atoms in total. The van der Waals surface area contributed by atoms with E-state index in [0.717, 1.165) is 11.3 Å². The molecule has 110 valence electrons. The van der Waals surface area contributed by atoms with Crippen LogP contribution in [0.3, 0.4) is 0 Å². The molecule has 2 rings (SSSR count). The Kier molecular flexibility index (Phi) is 3.96. The predicted octanol–water partition coefficient (Wildman–Crippen LogP) is 0.732. The molecule has 2 aromatic heterocycles. The average molecular weight is 297 g/mol. The van der Waals surface area contributed by atoms with Gasteiger partial charge in [0.05, 0.1) is 11.4 Å².